The van der Waals surface area contributed by atoms with E-state index in [-0.39, 0.29) is 55.4 Å². The van der Waals surface area contributed by atoms with Gasteiger partial charge in [-0.3, -0.25) is 19.1 Å². The predicted octanol–water partition coefficient (Wildman–Crippen LogP) is 7.40. The van der Waals surface area contributed by atoms with Crippen LogP contribution in [0.3, 0.4) is 0 Å². The summed E-state index contributed by atoms with van der Waals surface area (Å²) in [6.45, 7) is 1.70. The van der Waals surface area contributed by atoms with Gasteiger partial charge < -0.3 is 33.8 Å². The molecule has 6 unspecified atom stereocenters. The summed E-state index contributed by atoms with van der Waals surface area (Å²) in [7, 11) is -4.90. The van der Waals surface area contributed by atoms with E-state index in [1.165, 1.54) is 10.5 Å². The molecular weight excluding hydrogens is 874 g/mol. The van der Waals surface area contributed by atoms with Gasteiger partial charge in [0.25, 0.3) is 0 Å². The molecule has 0 bridgehead atoms. The van der Waals surface area contributed by atoms with Crippen molar-refractivity contribution in [1.82, 2.24) is 9.80 Å². The quantitative estimate of drug-likeness (QED) is 0.0860. The monoisotopic (exact) mass is 926 g/mol. The standard InChI is InChI=1S/C39H52F9N2O11P/c1-22-20-50(32-19-29(30(21-51)60-32)61-62(54,55)56)34(53)49(33(22)52)14-3-4-15-57-24-7-9-25-23(18-24)6-8-27-26(25)12-13-35(2)28(27)10-11-31(35)58-16-5-17-59-36(37(40,41)42,38(43,44)45)39(46,47)48/h7,9,18,22,26-32,51H,3-6,8,10-17,19-21H2,1-2H3,(H2,54,55,56)/t22?,26?,27?,28?,29-,30-,31?,32-,35?/m1/s1. The smallest absolute Gasteiger partial charge is 0.469 e. The average Bonchev–Trinajstić information content (AvgIpc) is 3.72. The van der Waals surface area contributed by atoms with E-state index in [4.69, 9.17) is 18.7 Å². The summed E-state index contributed by atoms with van der Waals surface area (Å²) in [6, 6.07) is 5.34. The number of amides is 3. The second-order valence-electron chi connectivity index (χ2n) is 17.2. The van der Waals surface area contributed by atoms with Crippen molar-refractivity contribution in [2.75, 3.05) is 39.5 Å². The van der Waals surface area contributed by atoms with Crippen LogP contribution in [0.25, 0.3) is 0 Å². The number of phosphoric ester groups is 1. The lowest BCUT2D eigenvalue weighted by Crippen LogP contribution is -2.67. The Morgan fingerprint density at radius 2 is 1.61 bits per heavy atom. The summed E-state index contributed by atoms with van der Waals surface area (Å²) >= 11 is 0. The Bertz CT molecular complexity index is 1780. The Balaban J connectivity index is 0.965. The van der Waals surface area contributed by atoms with Gasteiger partial charge in [-0.05, 0) is 104 Å². The van der Waals surface area contributed by atoms with Crippen LogP contribution >= 0.6 is 7.82 Å². The summed E-state index contributed by atoms with van der Waals surface area (Å²) in [6.07, 6.45) is -19.1. The molecule has 13 nitrogen and oxygen atoms in total. The van der Waals surface area contributed by atoms with Gasteiger partial charge in [-0.15, -0.1) is 0 Å². The van der Waals surface area contributed by atoms with Crippen molar-refractivity contribution in [3.8, 4) is 5.75 Å². The van der Waals surface area contributed by atoms with Crippen molar-refractivity contribution in [3.63, 3.8) is 0 Å². The van der Waals surface area contributed by atoms with Crippen molar-refractivity contribution in [1.29, 1.82) is 0 Å². The number of phosphoric acid groups is 1. The molecule has 2 heterocycles. The Hall–Kier alpha value is -2.72. The van der Waals surface area contributed by atoms with Crippen molar-refractivity contribution < 1.29 is 92.0 Å². The van der Waals surface area contributed by atoms with E-state index >= 15 is 0 Å². The third-order valence-electron chi connectivity index (χ3n) is 13.4. The molecule has 2 saturated heterocycles. The first-order valence-electron chi connectivity index (χ1n) is 20.7. The van der Waals surface area contributed by atoms with Crippen LogP contribution in [0.2, 0.25) is 0 Å². The molecule has 3 aliphatic carbocycles. The number of unbranched alkanes of at least 4 members (excludes halogenated alkanes) is 1. The van der Waals surface area contributed by atoms with Crippen LogP contribution in [0.5, 0.6) is 5.75 Å². The molecule has 2 aliphatic heterocycles. The van der Waals surface area contributed by atoms with Crippen LogP contribution in [0.4, 0.5) is 44.3 Å². The van der Waals surface area contributed by atoms with Gasteiger partial charge in [0.05, 0.1) is 31.8 Å². The van der Waals surface area contributed by atoms with Crippen LogP contribution < -0.4 is 4.74 Å². The Kier molecular flexibility index (Phi) is 14.4. The maximum absolute atomic E-state index is 13.4. The lowest BCUT2D eigenvalue weighted by Gasteiger charge is -2.50. The third-order valence-corrected chi connectivity index (χ3v) is 13.9. The number of aliphatic hydroxyl groups excluding tert-OH is 1. The number of nitrogens with zero attached hydrogens (tertiary/aromatic N) is 2. The molecule has 0 radical (unpaired) electrons. The van der Waals surface area contributed by atoms with Crippen molar-refractivity contribution in [2.45, 2.75) is 133 Å². The molecule has 2 saturated carbocycles. The maximum atomic E-state index is 13.4. The van der Waals surface area contributed by atoms with Crippen molar-refractivity contribution >= 4 is 19.8 Å². The highest BCUT2D eigenvalue weighted by atomic mass is 31.2. The van der Waals surface area contributed by atoms with Gasteiger partial charge >= 0.3 is 38.0 Å². The Labute approximate surface area is 351 Å². The molecule has 3 N–H and O–H groups in total. The number of carbonyl (C=O) groups excluding carboxylic acids is 2. The number of rotatable bonds is 16. The van der Waals surface area contributed by atoms with Crippen LogP contribution in [0, 0.1) is 23.2 Å². The summed E-state index contributed by atoms with van der Waals surface area (Å²) in [5, 5.41) is 9.65. The number of aliphatic hydroxyl groups is 1. The van der Waals surface area contributed by atoms with Gasteiger partial charge in [0.15, 0.2) is 0 Å². The zero-order chi connectivity index (χ0) is 45.6. The highest BCUT2D eigenvalue weighted by Gasteiger charge is 2.85. The molecule has 0 spiro atoms. The molecule has 0 aromatic heterocycles. The van der Waals surface area contributed by atoms with E-state index in [0.29, 0.717) is 37.5 Å². The molecule has 4 fully saturated rings. The number of alkyl halides is 9. The number of urea groups is 1. The molecule has 5 aliphatic rings. The van der Waals surface area contributed by atoms with E-state index in [9.17, 15) is 68.6 Å². The highest BCUT2D eigenvalue weighted by Crippen LogP contribution is 2.62. The second-order valence-corrected chi connectivity index (χ2v) is 18.4. The van der Waals surface area contributed by atoms with Crippen molar-refractivity contribution in [3.05, 3.63) is 29.3 Å². The van der Waals surface area contributed by atoms with Gasteiger partial charge in [0, 0.05) is 26.1 Å². The first-order valence-corrected chi connectivity index (χ1v) is 22.2. The number of carbonyl (C=O) groups is 2. The average molecular weight is 927 g/mol. The predicted molar refractivity (Wildman–Crippen MR) is 197 cm³/mol. The molecule has 3 amide bonds. The minimum Gasteiger partial charge on any atom is -0.494 e. The van der Waals surface area contributed by atoms with Crippen molar-refractivity contribution in [2.24, 2.45) is 23.2 Å². The molecule has 6 rings (SSSR count). The van der Waals surface area contributed by atoms with E-state index in [0.717, 1.165) is 42.6 Å². The lowest BCUT2D eigenvalue weighted by atomic mass is 9.55. The molecule has 1 aromatic rings. The number of aryl methyl sites for hydroxylation is 1. The minimum absolute atomic E-state index is 0.0200. The summed E-state index contributed by atoms with van der Waals surface area (Å²) in [5.41, 5.74) is -4.28. The highest BCUT2D eigenvalue weighted by molar-refractivity contribution is 7.46. The first kappa shape index (κ1) is 48.7. The summed E-state index contributed by atoms with van der Waals surface area (Å²) in [5.74, 6) is 0.471. The molecule has 9 atom stereocenters. The fourth-order valence-electron chi connectivity index (χ4n) is 10.4. The SMILES string of the molecule is CC1CN([C@H]2C[C@@H](OP(=O)(O)O)[C@@H](CO)O2)C(=O)N(CCCCOc2ccc3c(c2)CCC2C3CCC3(C)C(OCCCOC(C(F)(F)F)(C(F)(F)F)C(F)(F)F)CCC23)C1=O. The lowest BCUT2D eigenvalue weighted by molar-refractivity contribution is -0.457. The fraction of sp³-hybridized carbons (Fsp3) is 0.795. The van der Waals surface area contributed by atoms with E-state index in [2.05, 4.69) is 17.7 Å². The number of hydrogen-bond donors (Lipinski definition) is 3. The van der Waals surface area contributed by atoms with Crippen LogP contribution in [-0.2, 0) is 34.5 Å². The Morgan fingerprint density at radius 3 is 2.26 bits per heavy atom. The molecule has 352 valence electrons. The van der Waals surface area contributed by atoms with Crippen LogP contribution in [-0.4, -0.2) is 125 Å². The maximum Gasteiger partial charge on any atom is 0.469 e. The molecular formula is C39H52F9N2O11P. The topological polar surface area (TPSA) is 165 Å². The molecule has 23 heteroatoms. The van der Waals surface area contributed by atoms with Gasteiger partial charge in [0.1, 0.15) is 24.2 Å². The molecule has 1 aromatic carbocycles. The van der Waals surface area contributed by atoms with Gasteiger partial charge in [-0.2, -0.15) is 39.5 Å². The van der Waals surface area contributed by atoms with E-state index < -0.39 is 82.0 Å². The fourth-order valence-corrected chi connectivity index (χ4v) is 11.0. The van der Waals surface area contributed by atoms with E-state index in [1.54, 1.807) is 6.92 Å². The third kappa shape index (κ3) is 9.63. The van der Waals surface area contributed by atoms with Gasteiger partial charge in [-0.25, -0.2) is 9.36 Å². The second kappa shape index (κ2) is 18.3. The molecule has 62 heavy (non-hydrogen) atoms. The zero-order valence-electron chi connectivity index (χ0n) is 34.0. The first-order chi connectivity index (χ1) is 28.8. The van der Waals surface area contributed by atoms with Crippen LogP contribution in [0.15, 0.2) is 18.2 Å². The van der Waals surface area contributed by atoms with Gasteiger partial charge in [-0.1, -0.05) is 19.9 Å². The Morgan fingerprint density at radius 1 is 0.919 bits per heavy atom. The summed E-state index contributed by atoms with van der Waals surface area (Å²) in [4.78, 5) is 47.3. The zero-order valence-corrected chi connectivity index (χ0v) is 34.9. The largest absolute Gasteiger partial charge is 0.494 e. The number of fused-ring (bicyclic) bond motifs is 5. The normalized spacial score (nSPS) is 31.0. The number of imide groups is 1. The summed E-state index contributed by atoms with van der Waals surface area (Å²) < 4.78 is 156. The van der Waals surface area contributed by atoms with Crippen LogP contribution in [0.1, 0.15) is 88.7 Å². The number of benzene rings is 1. The number of halogens is 9. The number of ether oxygens (including phenoxy) is 4. The van der Waals surface area contributed by atoms with Gasteiger partial charge in [0.2, 0.25) is 5.91 Å². The minimum atomic E-state index is -6.78. The number of hydrogen-bond acceptors (Lipinski definition) is 9. The van der Waals surface area contributed by atoms with E-state index in [1.807, 2.05) is 12.1 Å².